The first-order valence-corrected chi connectivity index (χ1v) is 7.28. The van der Waals surface area contributed by atoms with Crippen LogP contribution in [0.2, 0.25) is 5.02 Å². The Morgan fingerprint density at radius 3 is 2.55 bits per heavy atom. The predicted octanol–water partition coefficient (Wildman–Crippen LogP) is 2.20. The lowest BCUT2D eigenvalue weighted by atomic mass is 9.88. The molecule has 0 aromatic heterocycles. The van der Waals surface area contributed by atoms with E-state index in [1.165, 1.54) is 7.11 Å². The molecule has 4 nitrogen and oxygen atoms in total. The average molecular weight is 297 g/mol. The summed E-state index contributed by atoms with van der Waals surface area (Å²) < 4.78 is 4.94. The molecule has 3 N–H and O–H groups in total. The number of nitrogens with two attached hydrogens (primary N) is 1. The fourth-order valence-corrected chi connectivity index (χ4v) is 2.94. The molecule has 110 valence electrons. The van der Waals surface area contributed by atoms with Crippen LogP contribution in [0, 0.1) is 0 Å². The Bertz CT molecular complexity index is 455. The zero-order valence-electron chi connectivity index (χ0n) is 11.7. The highest BCUT2D eigenvalue weighted by atomic mass is 35.5. The van der Waals surface area contributed by atoms with Gasteiger partial charge in [0.25, 0.3) is 0 Å². The second kappa shape index (κ2) is 6.57. The van der Waals surface area contributed by atoms with Gasteiger partial charge in [-0.15, -0.1) is 0 Å². The van der Waals surface area contributed by atoms with E-state index in [1.807, 2.05) is 24.3 Å². The number of halogens is 1. The van der Waals surface area contributed by atoms with Gasteiger partial charge in [0.1, 0.15) is 6.04 Å². The van der Waals surface area contributed by atoms with Crippen LogP contribution in [0.4, 0.5) is 0 Å². The van der Waals surface area contributed by atoms with Crippen LogP contribution in [0.5, 0.6) is 0 Å². The lowest BCUT2D eigenvalue weighted by molar-refractivity contribution is -0.125. The van der Waals surface area contributed by atoms with E-state index in [0.717, 1.165) is 31.2 Å². The monoisotopic (exact) mass is 296 g/mol. The molecule has 1 amide bonds. The van der Waals surface area contributed by atoms with Gasteiger partial charge in [-0.25, -0.2) is 0 Å². The van der Waals surface area contributed by atoms with Gasteiger partial charge in [0.15, 0.2) is 0 Å². The summed E-state index contributed by atoms with van der Waals surface area (Å²) in [6, 6.07) is 7.05. The maximum Gasteiger partial charge on any atom is 0.239 e. The fourth-order valence-electron chi connectivity index (χ4n) is 2.82. The zero-order valence-corrected chi connectivity index (χ0v) is 12.5. The molecule has 1 saturated carbocycles. The molecule has 0 heterocycles. The first-order valence-electron chi connectivity index (χ1n) is 6.90. The molecule has 0 bridgehead atoms. The number of hydrogen-bond acceptors (Lipinski definition) is 3. The van der Waals surface area contributed by atoms with E-state index >= 15 is 0 Å². The molecular formula is C15H21ClN2O2. The van der Waals surface area contributed by atoms with Gasteiger partial charge in [-0.05, 0) is 30.5 Å². The van der Waals surface area contributed by atoms with E-state index in [2.05, 4.69) is 5.32 Å². The van der Waals surface area contributed by atoms with Gasteiger partial charge in [0.05, 0.1) is 12.1 Å². The van der Waals surface area contributed by atoms with Gasteiger partial charge in [-0.1, -0.05) is 36.6 Å². The third kappa shape index (κ3) is 3.32. The third-order valence-electron chi connectivity index (χ3n) is 3.90. The Balaban J connectivity index is 2.18. The highest BCUT2D eigenvalue weighted by molar-refractivity contribution is 6.30. The van der Waals surface area contributed by atoms with Crippen LogP contribution in [-0.2, 0) is 15.1 Å². The first kappa shape index (κ1) is 15.3. The van der Waals surface area contributed by atoms with Gasteiger partial charge in [0.2, 0.25) is 5.91 Å². The standard InChI is InChI=1S/C15H21ClN2O2/c1-20-10-13(17)14(19)18-15(8-2-3-9-15)11-4-6-12(16)7-5-11/h4-7,13H,2-3,8-10,17H2,1H3,(H,18,19). The molecule has 0 spiro atoms. The molecule has 1 unspecified atom stereocenters. The molecule has 1 aliphatic rings. The summed E-state index contributed by atoms with van der Waals surface area (Å²) in [6.45, 7) is 0.225. The molecule has 0 radical (unpaired) electrons. The maximum atomic E-state index is 12.2. The lowest BCUT2D eigenvalue weighted by Gasteiger charge is -2.32. The fraction of sp³-hybridized carbons (Fsp3) is 0.533. The molecule has 20 heavy (non-hydrogen) atoms. The topological polar surface area (TPSA) is 64.3 Å². The summed E-state index contributed by atoms with van der Waals surface area (Å²) in [6.07, 6.45) is 4.06. The summed E-state index contributed by atoms with van der Waals surface area (Å²) >= 11 is 5.94. The van der Waals surface area contributed by atoms with Gasteiger partial charge >= 0.3 is 0 Å². The summed E-state index contributed by atoms with van der Waals surface area (Å²) in [7, 11) is 1.54. The van der Waals surface area contributed by atoms with Crippen molar-refractivity contribution in [1.29, 1.82) is 0 Å². The van der Waals surface area contributed by atoms with Crippen LogP contribution in [0.15, 0.2) is 24.3 Å². The Morgan fingerprint density at radius 2 is 2.00 bits per heavy atom. The minimum absolute atomic E-state index is 0.163. The highest BCUT2D eigenvalue weighted by Gasteiger charge is 2.37. The first-order chi connectivity index (χ1) is 9.57. The molecule has 1 atom stereocenters. The van der Waals surface area contributed by atoms with Crippen LogP contribution in [-0.4, -0.2) is 25.7 Å². The quantitative estimate of drug-likeness (QED) is 0.875. The van der Waals surface area contributed by atoms with E-state index in [0.29, 0.717) is 5.02 Å². The number of carbonyl (C=O) groups is 1. The van der Waals surface area contributed by atoms with Crippen molar-refractivity contribution in [1.82, 2.24) is 5.32 Å². The smallest absolute Gasteiger partial charge is 0.239 e. The Labute approximate surface area is 124 Å². The highest BCUT2D eigenvalue weighted by Crippen LogP contribution is 2.39. The summed E-state index contributed by atoms with van der Waals surface area (Å²) in [5, 5.41) is 3.82. The molecule has 1 aromatic carbocycles. The molecule has 2 rings (SSSR count). The van der Waals surface area contributed by atoms with Gasteiger partial charge in [-0.2, -0.15) is 0 Å². The molecule has 5 heteroatoms. The van der Waals surface area contributed by atoms with E-state index < -0.39 is 6.04 Å². The van der Waals surface area contributed by atoms with E-state index in [9.17, 15) is 4.79 Å². The van der Waals surface area contributed by atoms with Crippen molar-refractivity contribution in [2.24, 2.45) is 5.73 Å². The van der Waals surface area contributed by atoms with E-state index in [-0.39, 0.29) is 18.1 Å². The molecule has 0 saturated heterocycles. The van der Waals surface area contributed by atoms with Crippen molar-refractivity contribution in [3.8, 4) is 0 Å². The maximum absolute atomic E-state index is 12.2. The van der Waals surface area contributed by atoms with Crippen LogP contribution in [0.25, 0.3) is 0 Å². The third-order valence-corrected chi connectivity index (χ3v) is 4.15. The van der Waals surface area contributed by atoms with Crippen molar-refractivity contribution >= 4 is 17.5 Å². The summed E-state index contributed by atoms with van der Waals surface area (Å²) in [5.74, 6) is -0.163. The van der Waals surface area contributed by atoms with Crippen molar-refractivity contribution < 1.29 is 9.53 Å². The van der Waals surface area contributed by atoms with Crippen LogP contribution >= 0.6 is 11.6 Å². The number of nitrogens with one attached hydrogen (secondary N) is 1. The van der Waals surface area contributed by atoms with Gasteiger partial charge in [0, 0.05) is 12.1 Å². The van der Waals surface area contributed by atoms with Crippen molar-refractivity contribution in [2.75, 3.05) is 13.7 Å². The molecule has 0 aliphatic heterocycles. The SMILES string of the molecule is COCC(N)C(=O)NC1(c2ccc(Cl)cc2)CCCC1. The number of hydrogen-bond donors (Lipinski definition) is 2. The van der Waals surface area contributed by atoms with E-state index in [4.69, 9.17) is 22.1 Å². The Hall–Kier alpha value is -1.10. The number of rotatable bonds is 5. The number of amides is 1. The van der Waals surface area contributed by atoms with Crippen LogP contribution in [0.3, 0.4) is 0 Å². The second-order valence-electron chi connectivity index (χ2n) is 5.35. The number of methoxy groups -OCH3 is 1. The number of ether oxygens (including phenoxy) is 1. The van der Waals surface area contributed by atoms with Crippen LogP contribution < -0.4 is 11.1 Å². The molecule has 1 fully saturated rings. The minimum atomic E-state index is -0.634. The van der Waals surface area contributed by atoms with E-state index in [1.54, 1.807) is 0 Å². The number of benzene rings is 1. The van der Waals surface area contributed by atoms with Crippen molar-refractivity contribution in [3.63, 3.8) is 0 Å². The summed E-state index contributed by atoms with van der Waals surface area (Å²) in [4.78, 5) is 12.2. The normalized spacial score (nSPS) is 18.8. The molecular weight excluding hydrogens is 276 g/mol. The van der Waals surface area contributed by atoms with Gasteiger partial charge < -0.3 is 15.8 Å². The van der Waals surface area contributed by atoms with Crippen molar-refractivity contribution in [3.05, 3.63) is 34.9 Å². The lowest BCUT2D eigenvalue weighted by Crippen LogP contribution is -2.52. The number of carbonyl (C=O) groups excluding carboxylic acids is 1. The second-order valence-corrected chi connectivity index (χ2v) is 5.78. The van der Waals surface area contributed by atoms with Crippen molar-refractivity contribution in [2.45, 2.75) is 37.3 Å². The minimum Gasteiger partial charge on any atom is -0.383 e. The Kier molecular flexibility index (Phi) is 5.02. The molecule has 1 aliphatic carbocycles. The predicted molar refractivity (Wildman–Crippen MR) is 79.6 cm³/mol. The largest absolute Gasteiger partial charge is 0.383 e. The molecule has 1 aromatic rings. The summed E-state index contributed by atoms with van der Waals surface area (Å²) in [5.41, 5.74) is 6.59. The Morgan fingerprint density at radius 1 is 1.40 bits per heavy atom. The van der Waals surface area contributed by atoms with Crippen LogP contribution in [0.1, 0.15) is 31.2 Å². The zero-order chi connectivity index (χ0) is 14.6. The van der Waals surface area contributed by atoms with Gasteiger partial charge in [-0.3, -0.25) is 4.79 Å². The average Bonchev–Trinajstić information content (AvgIpc) is 2.89.